The summed E-state index contributed by atoms with van der Waals surface area (Å²) in [5, 5.41) is 0. The minimum absolute atomic E-state index is 0.181. The Bertz CT molecular complexity index is 1910. The van der Waals surface area contributed by atoms with Gasteiger partial charge in [0.2, 0.25) is 17.3 Å². The summed E-state index contributed by atoms with van der Waals surface area (Å²) in [4.78, 5) is 20.2. The molecule has 1 aliphatic heterocycles. The van der Waals surface area contributed by atoms with E-state index in [-0.39, 0.29) is 11.5 Å². The summed E-state index contributed by atoms with van der Waals surface area (Å²) in [5.74, 6) is 3.76. The molecule has 12 nitrogen and oxygen atoms in total. The molecule has 1 aliphatic rings. The van der Waals surface area contributed by atoms with Crippen molar-refractivity contribution in [2.45, 2.75) is 0 Å². The highest BCUT2D eigenvalue weighted by Crippen LogP contribution is 2.42. The van der Waals surface area contributed by atoms with Gasteiger partial charge in [-0.25, -0.2) is 0 Å². The maximum absolute atomic E-state index is 13.7. The number of benzene rings is 3. The number of allylic oxidation sites excluding steroid dienone is 1. The summed E-state index contributed by atoms with van der Waals surface area (Å²) in [6.45, 7) is 0. The third-order valence-corrected chi connectivity index (χ3v) is 7.64. The third-order valence-electron chi connectivity index (χ3n) is 7.64. The number of ketones is 1. The molecule has 0 atom stereocenters. The van der Waals surface area contributed by atoms with Crippen molar-refractivity contribution in [2.24, 2.45) is 0 Å². The minimum atomic E-state index is -1.13. The molecule has 0 radical (unpaired) electrons. The quantitative estimate of drug-likeness (QED) is 0.0635. The lowest BCUT2D eigenvalue weighted by Crippen LogP contribution is -2.28. The van der Waals surface area contributed by atoms with Crippen LogP contribution in [0.15, 0.2) is 78.9 Å². The number of hydrogen-bond donors (Lipinski definition) is 2. The van der Waals surface area contributed by atoms with E-state index in [1.54, 1.807) is 78.0 Å². The van der Waals surface area contributed by atoms with Crippen LogP contribution in [-0.4, -0.2) is 65.7 Å². The highest BCUT2D eigenvalue weighted by atomic mass is 16.8. The van der Waals surface area contributed by atoms with Crippen molar-refractivity contribution in [1.82, 2.24) is 9.97 Å². The lowest BCUT2D eigenvalue weighted by atomic mass is 10.1. The first-order valence-electron chi connectivity index (χ1n) is 14.7. The Labute approximate surface area is 277 Å². The molecular formula is C35H33BN2O10. The molecule has 48 heavy (non-hydrogen) atoms. The van der Waals surface area contributed by atoms with Gasteiger partial charge < -0.3 is 52.4 Å². The number of fused-ring (bicyclic) bond motifs is 1. The molecule has 0 unspecified atom stereocenters. The normalized spacial score (nSPS) is 12.0. The number of methoxy groups -OCH3 is 6. The highest BCUT2D eigenvalue weighted by Gasteiger charge is 2.39. The fourth-order valence-electron chi connectivity index (χ4n) is 5.29. The molecule has 0 spiro atoms. The van der Waals surface area contributed by atoms with E-state index < -0.39 is 7.32 Å². The number of ether oxygens (including phenoxy) is 6. The van der Waals surface area contributed by atoms with Gasteiger partial charge in [0.25, 0.3) is 0 Å². The van der Waals surface area contributed by atoms with Gasteiger partial charge in [-0.05, 0) is 60.7 Å². The number of aromatic nitrogens is 2. The molecule has 13 heteroatoms. The first kappa shape index (κ1) is 31.9. The van der Waals surface area contributed by atoms with Crippen LogP contribution in [0.2, 0.25) is 0 Å². The number of carbonyl (C=O) groups excluding carboxylic acids is 1. The van der Waals surface area contributed by atoms with E-state index in [0.717, 1.165) is 11.1 Å². The largest absolute Gasteiger partial charge is 0.864 e. The molecule has 0 saturated carbocycles. The van der Waals surface area contributed by atoms with Gasteiger partial charge in [-0.15, -0.1) is 0 Å². The van der Waals surface area contributed by atoms with Gasteiger partial charge in [0.15, 0.2) is 23.0 Å². The fourth-order valence-corrected chi connectivity index (χ4v) is 5.29. The maximum atomic E-state index is 13.7. The van der Waals surface area contributed by atoms with Gasteiger partial charge in [0.05, 0.1) is 54.0 Å². The Morgan fingerprint density at radius 3 is 1.48 bits per heavy atom. The number of carbonyl (C=O) groups is 1. The van der Waals surface area contributed by atoms with Gasteiger partial charge in [0, 0.05) is 28.6 Å². The minimum Gasteiger partial charge on any atom is -0.493 e. The van der Waals surface area contributed by atoms with Crippen molar-refractivity contribution < 1.29 is 47.2 Å². The summed E-state index contributed by atoms with van der Waals surface area (Å²) in [6, 6.07) is 21.5. The van der Waals surface area contributed by atoms with Crippen LogP contribution in [0.3, 0.4) is 0 Å². The molecular weight excluding hydrogens is 619 g/mol. The molecule has 0 fully saturated rings. The van der Waals surface area contributed by atoms with E-state index in [9.17, 15) is 4.79 Å². The summed E-state index contributed by atoms with van der Waals surface area (Å²) < 4.78 is 50.8. The number of para-hydroxylation sites is 2. The average Bonchev–Trinajstić information content (AvgIpc) is 3.90. The lowest BCUT2D eigenvalue weighted by Gasteiger charge is -2.14. The molecule has 6 rings (SSSR count). The average molecular weight is 652 g/mol. The lowest BCUT2D eigenvalue weighted by molar-refractivity contribution is 0.104. The predicted octanol–water partition coefficient (Wildman–Crippen LogP) is 6.43. The zero-order valence-electron chi connectivity index (χ0n) is 27.2. The Kier molecular flexibility index (Phi) is 9.10. The van der Waals surface area contributed by atoms with Gasteiger partial charge in [0.1, 0.15) is 17.3 Å². The number of rotatable bonds is 13. The van der Waals surface area contributed by atoms with Crippen LogP contribution in [-0.2, 0) is 4.65 Å². The van der Waals surface area contributed by atoms with Gasteiger partial charge in [-0.2, -0.15) is 0 Å². The van der Waals surface area contributed by atoms with Crippen molar-refractivity contribution in [2.75, 3.05) is 42.7 Å². The molecule has 0 amide bonds. The van der Waals surface area contributed by atoms with E-state index >= 15 is 0 Å². The summed E-state index contributed by atoms with van der Waals surface area (Å²) in [7, 11) is 8.13. The van der Waals surface area contributed by atoms with Crippen LogP contribution in [0, 0.1) is 0 Å². The number of nitrogens with one attached hydrogen (secondary N) is 2. The van der Waals surface area contributed by atoms with Crippen LogP contribution < -0.4 is 37.7 Å². The smallest absolute Gasteiger partial charge is 0.493 e. The summed E-state index contributed by atoms with van der Waals surface area (Å²) in [6.07, 6.45) is 1.37. The second-order valence-electron chi connectivity index (χ2n) is 10.4. The molecule has 0 bridgehead atoms. The van der Waals surface area contributed by atoms with Crippen molar-refractivity contribution in [1.29, 1.82) is 0 Å². The Morgan fingerprint density at radius 1 is 0.604 bits per heavy atom. The second-order valence-corrected chi connectivity index (χ2v) is 10.4. The van der Waals surface area contributed by atoms with Crippen LogP contribution in [0.5, 0.6) is 46.0 Å². The topological polar surface area (TPSA) is 132 Å². The Balaban J connectivity index is 1.34. The number of aromatic amines is 2. The predicted molar refractivity (Wildman–Crippen MR) is 179 cm³/mol. The monoisotopic (exact) mass is 652 g/mol. The van der Waals surface area contributed by atoms with Crippen LogP contribution in [0.1, 0.15) is 16.2 Å². The second kappa shape index (κ2) is 13.7. The van der Waals surface area contributed by atoms with E-state index in [2.05, 4.69) is 9.97 Å². The summed E-state index contributed by atoms with van der Waals surface area (Å²) in [5.41, 5.74) is 3.65. The van der Waals surface area contributed by atoms with Gasteiger partial charge in [-0.1, -0.05) is 12.1 Å². The van der Waals surface area contributed by atoms with Crippen LogP contribution in [0.25, 0.3) is 28.3 Å². The van der Waals surface area contributed by atoms with E-state index in [1.807, 2.05) is 30.3 Å². The molecule has 2 N–H and O–H groups in total. The molecule has 5 aromatic rings. The maximum Gasteiger partial charge on any atom is 0.864 e. The van der Waals surface area contributed by atoms with Gasteiger partial charge >= 0.3 is 7.32 Å². The zero-order valence-corrected chi connectivity index (χ0v) is 27.2. The van der Waals surface area contributed by atoms with E-state index in [4.69, 9.17) is 42.4 Å². The summed E-state index contributed by atoms with van der Waals surface area (Å²) >= 11 is 0. The van der Waals surface area contributed by atoms with Crippen molar-refractivity contribution in [3.8, 4) is 68.5 Å². The van der Waals surface area contributed by atoms with E-state index in [1.165, 1.54) is 13.2 Å². The van der Waals surface area contributed by atoms with Gasteiger partial charge in [-0.3, -0.25) is 4.79 Å². The van der Waals surface area contributed by atoms with Crippen molar-refractivity contribution in [3.63, 3.8) is 0 Å². The first-order chi connectivity index (χ1) is 23.4. The van der Waals surface area contributed by atoms with Crippen molar-refractivity contribution in [3.05, 3.63) is 90.3 Å². The Morgan fingerprint density at radius 2 is 1.04 bits per heavy atom. The molecule has 0 aliphatic carbocycles. The zero-order chi connectivity index (χ0) is 33.8. The first-order valence-corrected chi connectivity index (χ1v) is 14.7. The molecule has 3 heterocycles. The molecule has 0 saturated heterocycles. The van der Waals surface area contributed by atoms with E-state index in [0.29, 0.717) is 68.8 Å². The SMILES string of the molecule is COc1cc(-c2ccc(C(=O)/C=C(\OB3Oc4ccccc4O3)c3ccc(-c4cc(OC)c(OC)c(OC)c4)[nH]3)[nH]2)cc(OC)c1OC. The molecule has 2 aromatic heterocycles. The highest BCUT2D eigenvalue weighted by molar-refractivity contribution is 6.41. The van der Waals surface area contributed by atoms with Crippen LogP contribution >= 0.6 is 0 Å². The molecule has 246 valence electrons. The molecule has 3 aromatic carbocycles. The number of hydrogen-bond acceptors (Lipinski definition) is 10. The Hall–Kier alpha value is -6.11. The third kappa shape index (κ3) is 6.17. The number of H-pyrrole nitrogens is 2. The van der Waals surface area contributed by atoms with Crippen molar-refractivity contribution >= 4 is 18.9 Å². The fraction of sp³-hybridized carbons (Fsp3) is 0.171. The standard InChI is InChI=1S/C35H33BN2O10/c1-40-30-15-20(16-31(41-2)34(30)44-5)22-11-13-24(37-22)26(39)19-29(48-36-46-27-9-7-8-10-28(27)47-36)25-14-12-23(38-25)21-17-32(42-3)35(45-6)33(18-21)43-4/h7-19,37-38H,1-6H3/b29-19-. The van der Waals surface area contributed by atoms with Crippen LogP contribution in [0.4, 0.5) is 0 Å².